The summed E-state index contributed by atoms with van der Waals surface area (Å²) < 4.78 is 39.5. The van der Waals surface area contributed by atoms with E-state index in [4.69, 9.17) is 0 Å². The lowest BCUT2D eigenvalue weighted by molar-refractivity contribution is -0.145. The first-order valence-electron chi connectivity index (χ1n) is 9.93. The minimum absolute atomic E-state index is 0.0639. The van der Waals surface area contributed by atoms with Crippen molar-refractivity contribution >= 4 is 39.9 Å². The number of fused-ring (bicyclic) bond motifs is 1. The Morgan fingerprint density at radius 2 is 1.87 bits per heavy atom. The molecule has 9 heteroatoms. The number of alkyl halides is 3. The van der Waals surface area contributed by atoms with Crippen molar-refractivity contribution < 1.29 is 18.0 Å². The van der Waals surface area contributed by atoms with Gasteiger partial charge in [0.05, 0.1) is 11.3 Å². The fourth-order valence-corrected chi connectivity index (χ4v) is 4.38. The maximum Gasteiger partial charge on any atom is 0.451 e. The van der Waals surface area contributed by atoms with Crippen LogP contribution in [0.5, 0.6) is 0 Å². The van der Waals surface area contributed by atoms with Crippen molar-refractivity contribution in [2.45, 2.75) is 31.0 Å². The molecule has 0 bridgehead atoms. The smallest absolute Gasteiger partial charge is 0.372 e. The van der Waals surface area contributed by atoms with Gasteiger partial charge in [0.2, 0.25) is 11.7 Å². The standard InChI is InChI=1S/C22H21F3N4OS/c1-14-12-15(29-10-4-5-11-29)8-9-17(14)26-19(30)13-31-20-16-6-2-3-7-18(16)27-21(28-20)22(23,24)25/h2-3,6-9,12H,4-5,10-11,13H2,1H3,(H,26,30). The maximum atomic E-state index is 13.2. The molecule has 0 saturated carbocycles. The molecule has 1 fully saturated rings. The largest absolute Gasteiger partial charge is 0.451 e. The first-order chi connectivity index (χ1) is 14.8. The summed E-state index contributed by atoms with van der Waals surface area (Å²) in [7, 11) is 0. The number of carbonyl (C=O) groups is 1. The summed E-state index contributed by atoms with van der Waals surface area (Å²) >= 11 is 0.966. The number of aryl methyl sites for hydroxylation is 1. The molecule has 1 aliphatic rings. The van der Waals surface area contributed by atoms with Gasteiger partial charge in [0.15, 0.2) is 0 Å². The van der Waals surface area contributed by atoms with Crippen LogP contribution in [0.25, 0.3) is 10.9 Å². The van der Waals surface area contributed by atoms with Crippen LogP contribution in [0.4, 0.5) is 24.5 Å². The third-order valence-electron chi connectivity index (χ3n) is 5.12. The number of aromatic nitrogens is 2. The SMILES string of the molecule is Cc1cc(N2CCCC2)ccc1NC(=O)CSc1nc(C(F)(F)F)nc2ccccc12. The van der Waals surface area contributed by atoms with Crippen LogP contribution in [0.3, 0.4) is 0 Å². The molecule has 1 amide bonds. The normalized spacial score (nSPS) is 14.3. The van der Waals surface area contributed by atoms with Gasteiger partial charge < -0.3 is 10.2 Å². The zero-order valence-corrected chi connectivity index (χ0v) is 17.7. The molecule has 0 spiro atoms. The zero-order valence-electron chi connectivity index (χ0n) is 16.9. The molecule has 162 valence electrons. The lowest BCUT2D eigenvalue weighted by Gasteiger charge is -2.19. The molecule has 4 rings (SSSR count). The molecule has 2 heterocycles. The Morgan fingerprint density at radius 1 is 1.13 bits per heavy atom. The van der Waals surface area contributed by atoms with Crippen LogP contribution in [0.15, 0.2) is 47.5 Å². The third kappa shape index (κ3) is 4.92. The average molecular weight is 446 g/mol. The Kier molecular flexibility index (Phi) is 6.04. The Balaban J connectivity index is 1.47. The topological polar surface area (TPSA) is 58.1 Å². The van der Waals surface area contributed by atoms with Gasteiger partial charge >= 0.3 is 6.18 Å². The van der Waals surface area contributed by atoms with Crippen molar-refractivity contribution in [3.05, 3.63) is 53.9 Å². The number of anilines is 2. The second-order valence-electron chi connectivity index (χ2n) is 7.40. The highest BCUT2D eigenvalue weighted by Crippen LogP contribution is 2.32. The zero-order chi connectivity index (χ0) is 22.0. The quantitative estimate of drug-likeness (QED) is 0.426. The van der Waals surface area contributed by atoms with Crippen molar-refractivity contribution in [3.8, 4) is 0 Å². The monoisotopic (exact) mass is 446 g/mol. The number of benzene rings is 2. The minimum atomic E-state index is -4.66. The first-order valence-corrected chi connectivity index (χ1v) is 10.9. The van der Waals surface area contributed by atoms with Crippen LogP contribution >= 0.6 is 11.8 Å². The van der Waals surface area contributed by atoms with E-state index in [1.807, 2.05) is 25.1 Å². The summed E-state index contributed by atoms with van der Waals surface area (Å²) in [5, 5.41) is 3.47. The molecular formula is C22H21F3N4OS. The molecule has 1 N–H and O–H groups in total. The first kappa shape index (κ1) is 21.4. The van der Waals surface area contributed by atoms with Crippen molar-refractivity contribution in [2.75, 3.05) is 29.1 Å². The molecule has 0 aliphatic carbocycles. The molecule has 0 unspecified atom stereocenters. The summed E-state index contributed by atoms with van der Waals surface area (Å²) in [6, 6.07) is 12.4. The predicted molar refractivity (Wildman–Crippen MR) is 117 cm³/mol. The van der Waals surface area contributed by atoms with E-state index in [1.165, 1.54) is 18.9 Å². The van der Waals surface area contributed by atoms with Gasteiger partial charge in [-0.05, 0) is 49.6 Å². The summed E-state index contributed by atoms with van der Waals surface area (Å²) in [6.07, 6.45) is -2.29. The van der Waals surface area contributed by atoms with Crippen LogP contribution in [0.2, 0.25) is 0 Å². The Bertz CT molecular complexity index is 1110. The van der Waals surface area contributed by atoms with Gasteiger partial charge in [-0.2, -0.15) is 13.2 Å². The molecule has 1 aliphatic heterocycles. The number of amides is 1. The van der Waals surface area contributed by atoms with Crippen LogP contribution < -0.4 is 10.2 Å². The van der Waals surface area contributed by atoms with Crippen molar-refractivity contribution in [2.24, 2.45) is 0 Å². The Hall–Kier alpha value is -2.81. The fourth-order valence-electron chi connectivity index (χ4n) is 3.56. The highest BCUT2D eigenvalue weighted by atomic mass is 32.2. The summed E-state index contributed by atoms with van der Waals surface area (Å²) in [4.78, 5) is 22.1. The molecule has 2 aromatic carbocycles. The van der Waals surface area contributed by atoms with E-state index in [2.05, 4.69) is 20.2 Å². The van der Waals surface area contributed by atoms with Crippen LogP contribution in [-0.2, 0) is 11.0 Å². The van der Waals surface area contributed by atoms with Gasteiger partial charge in [-0.15, -0.1) is 0 Å². The minimum Gasteiger partial charge on any atom is -0.372 e. The summed E-state index contributed by atoms with van der Waals surface area (Å²) in [5.41, 5.74) is 2.96. The second kappa shape index (κ2) is 8.74. The van der Waals surface area contributed by atoms with Gasteiger partial charge in [0.25, 0.3) is 0 Å². The van der Waals surface area contributed by atoms with Crippen molar-refractivity contribution in [3.63, 3.8) is 0 Å². The Morgan fingerprint density at radius 3 is 2.58 bits per heavy atom. The third-order valence-corrected chi connectivity index (χ3v) is 6.11. The molecule has 1 saturated heterocycles. The molecule has 0 atom stereocenters. The molecule has 3 aromatic rings. The number of nitrogens with zero attached hydrogens (tertiary/aromatic N) is 3. The fraction of sp³-hybridized carbons (Fsp3) is 0.318. The van der Waals surface area contributed by atoms with Gasteiger partial charge in [0, 0.05) is 29.9 Å². The molecule has 1 aromatic heterocycles. The second-order valence-corrected chi connectivity index (χ2v) is 8.36. The molecule has 5 nitrogen and oxygen atoms in total. The number of carbonyl (C=O) groups excluding carboxylic acids is 1. The number of thioether (sulfide) groups is 1. The number of halogens is 3. The van der Waals surface area contributed by atoms with Crippen LogP contribution in [0, 0.1) is 6.92 Å². The van der Waals surface area contributed by atoms with Gasteiger partial charge in [0.1, 0.15) is 5.03 Å². The van der Waals surface area contributed by atoms with Gasteiger partial charge in [-0.25, -0.2) is 9.97 Å². The van der Waals surface area contributed by atoms with E-state index in [1.54, 1.807) is 18.2 Å². The van der Waals surface area contributed by atoms with E-state index in [0.717, 1.165) is 36.1 Å². The lowest BCUT2D eigenvalue weighted by Crippen LogP contribution is -2.18. The van der Waals surface area contributed by atoms with Crippen molar-refractivity contribution in [1.82, 2.24) is 9.97 Å². The predicted octanol–water partition coefficient (Wildman–Crippen LogP) is 5.29. The van der Waals surface area contributed by atoms with Crippen LogP contribution in [-0.4, -0.2) is 34.7 Å². The summed E-state index contributed by atoms with van der Waals surface area (Å²) in [6.45, 7) is 4.00. The average Bonchev–Trinajstić information content (AvgIpc) is 3.27. The lowest BCUT2D eigenvalue weighted by atomic mass is 10.1. The van der Waals surface area contributed by atoms with Gasteiger partial charge in [-0.1, -0.05) is 30.0 Å². The molecule has 31 heavy (non-hydrogen) atoms. The highest BCUT2D eigenvalue weighted by molar-refractivity contribution is 8.00. The number of nitrogens with one attached hydrogen (secondary N) is 1. The van der Waals surface area contributed by atoms with E-state index in [9.17, 15) is 18.0 Å². The van der Waals surface area contributed by atoms with Crippen molar-refractivity contribution in [1.29, 1.82) is 0 Å². The number of para-hydroxylation sites is 1. The van der Waals surface area contributed by atoms with Crippen LogP contribution in [0.1, 0.15) is 24.2 Å². The molecular weight excluding hydrogens is 425 g/mol. The molecule has 0 radical (unpaired) electrons. The number of hydrogen-bond donors (Lipinski definition) is 1. The van der Waals surface area contributed by atoms with E-state index >= 15 is 0 Å². The highest BCUT2D eigenvalue weighted by Gasteiger charge is 2.35. The Labute approximate surface area is 182 Å². The van der Waals surface area contributed by atoms with Gasteiger partial charge in [-0.3, -0.25) is 4.79 Å². The van der Waals surface area contributed by atoms with E-state index in [0.29, 0.717) is 11.1 Å². The number of rotatable bonds is 5. The van der Waals surface area contributed by atoms with E-state index in [-0.39, 0.29) is 22.2 Å². The van der Waals surface area contributed by atoms with E-state index < -0.39 is 12.0 Å². The maximum absolute atomic E-state index is 13.2. The number of hydrogen-bond acceptors (Lipinski definition) is 5. The summed E-state index contributed by atoms with van der Waals surface area (Å²) in [5.74, 6) is -1.58.